The molecule has 3 rings (SSSR count). The molecule has 5 heteroatoms. The van der Waals surface area contributed by atoms with E-state index in [1.165, 1.54) is 7.11 Å². The summed E-state index contributed by atoms with van der Waals surface area (Å²) in [5.74, 6) is 0.548. The van der Waals surface area contributed by atoms with Crippen molar-refractivity contribution in [3.63, 3.8) is 0 Å². The highest BCUT2D eigenvalue weighted by atomic mass is 32.2. The van der Waals surface area contributed by atoms with E-state index in [2.05, 4.69) is 4.72 Å². The third-order valence-corrected chi connectivity index (χ3v) is 5.75. The molecule has 134 valence electrons. The fraction of sp³-hybridized carbons (Fsp3) is 0.143. The molecule has 0 saturated heterocycles. The van der Waals surface area contributed by atoms with Crippen LogP contribution in [0.4, 0.5) is 5.69 Å². The number of hydrogen-bond donors (Lipinski definition) is 1. The van der Waals surface area contributed by atoms with Gasteiger partial charge in [0, 0.05) is 11.6 Å². The fourth-order valence-electron chi connectivity index (χ4n) is 2.96. The molecule has 0 aliphatic rings. The number of sulfonamides is 1. The Morgan fingerprint density at radius 2 is 1.50 bits per heavy atom. The van der Waals surface area contributed by atoms with Gasteiger partial charge in [-0.15, -0.1) is 0 Å². The monoisotopic (exact) mass is 367 g/mol. The normalized spacial score (nSPS) is 11.2. The van der Waals surface area contributed by atoms with Crippen molar-refractivity contribution in [3.05, 3.63) is 77.9 Å². The third kappa shape index (κ3) is 3.58. The lowest BCUT2D eigenvalue weighted by Crippen LogP contribution is -2.15. The first-order chi connectivity index (χ1) is 12.4. The van der Waals surface area contributed by atoms with Gasteiger partial charge in [0.2, 0.25) is 0 Å². The molecule has 0 aliphatic heterocycles. The lowest BCUT2D eigenvalue weighted by molar-refractivity contribution is 0.410. The first kappa shape index (κ1) is 18.0. The maximum absolute atomic E-state index is 13.0. The van der Waals surface area contributed by atoms with Crippen LogP contribution < -0.4 is 9.46 Å². The summed E-state index contributed by atoms with van der Waals surface area (Å²) in [5.41, 5.74) is 3.89. The molecule has 0 heterocycles. The minimum Gasteiger partial charge on any atom is -0.496 e. The third-order valence-electron chi connectivity index (χ3n) is 4.24. The predicted molar refractivity (Wildman–Crippen MR) is 105 cm³/mol. The number of anilines is 1. The highest BCUT2D eigenvalue weighted by Gasteiger charge is 2.20. The van der Waals surface area contributed by atoms with Gasteiger partial charge in [0.05, 0.1) is 17.7 Å². The number of rotatable bonds is 5. The van der Waals surface area contributed by atoms with Crippen molar-refractivity contribution >= 4 is 15.7 Å². The minimum atomic E-state index is -3.75. The van der Waals surface area contributed by atoms with Gasteiger partial charge in [-0.25, -0.2) is 8.42 Å². The molecule has 3 aromatic carbocycles. The van der Waals surface area contributed by atoms with Crippen molar-refractivity contribution in [1.82, 2.24) is 0 Å². The van der Waals surface area contributed by atoms with E-state index in [1.807, 2.05) is 61.5 Å². The predicted octanol–water partition coefficient (Wildman–Crippen LogP) is 4.78. The molecule has 0 radical (unpaired) electrons. The number of aryl methyl sites for hydroxylation is 2. The Kier molecular flexibility index (Phi) is 5.00. The lowest BCUT2D eigenvalue weighted by atomic mass is 10.0. The van der Waals surface area contributed by atoms with Gasteiger partial charge in [-0.05, 0) is 36.6 Å². The van der Waals surface area contributed by atoms with E-state index in [1.54, 1.807) is 19.1 Å². The summed E-state index contributed by atoms with van der Waals surface area (Å²) in [6, 6.07) is 20.4. The molecule has 0 fully saturated rings. The number of nitrogens with one attached hydrogen (secondary N) is 1. The van der Waals surface area contributed by atoms with Crippen LogP contribution in [0.2, 0.25) is 0 Å². The first-order valence-corrected chi connectivity index (χ1v) is 9.73. The van der Waals surface area contributed by atoms with Crippen molar-refractivity contribution in [3.8, 4) is 16.9 Å². The smallest absolute Gasteiger partial charge is 0.262 e. The van der Waals surface area contributed by atoms with Gasteiger partial charge in [0.1, 0.15) is 5.75 Å². The molecular formula is C21H21NO3S. The SMILES string of the molecule is COc1cc(S(=O)(=O)Nc2ccccc2-c2ccccc2)c(C)cc1C. The average Bonchev–Trinajstić information content (AvgIpc) is 2.62. The Morgan fingerprint density at radius 3 is 2.19 bits per heavy atom. The van der Waals surface area contributed by atoms with E-state index in [9.17, 15) is 8.42 Å². The second kappa shape index (κ2) is 7.22. The highest BCUT2D eigenvalue weighted by Crippen LogP contribution is 2.31. The van der Waals surface area contributed by atoms with Crippen LogP contribution in [-0.4, -0.2) is 15.5 Å². The van der Waals surface area contributed by atoms with E-state index >= 15 is 0 Å². The highest BCUT2D eigenvalue weighted by molar-refractivity contribution is 7.92. The molecule has 26 heavy (non-hydrogen) atoms. The maximum Gasteiger partial charge on any atom is 0.262 e. The molecular weight excluding hydrogens is 346 g/mol. The summed E-state index contributed by atoms with van der Waals surface area (Å²) in [6.07, 6.45) is 0. The van der Waals surface area contributed by atoms with Gasteiger partial charge in [0.25, 0.3) is 10.0 Å². The Morgan fingerprint density at radius 1 is 0.846 bits per heavy atom. The summed E-state index contributed by atoms with van der Waals surface area (Å²) in [4.78, 5) is 0.211. The zero-order valence-electron chi connectivity index (χ0n) is 15.0. The molecule has 0 aromatic heterocycles. The fourth-order valence-corrected chi connectivity index (χ4v) is 4.29. The Balaban J connectivity index is 2.05. The second-order valence-corrected chi connectivity index (χ2v) is 7.76. The average molecular weight is 367 g/mol. The summed E-state index contributed by atoms with van der Waals surface area (Å²) in [5, 5.41) is 0. The van der Waals surface area contributed by atoms with Gasteiger partial charge < -0.3 is 4.74 Å². The van der Waals surface area contributed by atoms with Gasteiger partial charge in [0.15, 0.2) is 0 Å². The van der Waals surface area contributed by atoms with Crippen LogP contribution in [-0.2, 0) is 10.0 Å². The summed E-state index contributed by atoms with van der Waals surface area (Å²) in [7, 11) is -2.22. The van der Waals surface area contributed by atoms with Gasteiger partial charge >= 0.3 is 0 Å². The van der Waals surface area contributed by atoms with Crippen molar-refractivity contribution in [2.24, 2.45) is 0 Å². The Hall–Kier alpha value is -2.79. The number of hydrogen-bond acceptors (Lipinski definition) is 3. The lowest BCUT2D eigenvalue weighted by Gasteiger charge is -2.16. The quantitative estimate of drug-likeness (QED) is 0.706. The van der Waals surface area contributed by atoms with Crippen molar-refractivity contribution < 1.29 is 13.2 Å². The van der Waals surface area contributed by atoms with E-state index in [0.717, 1.165) is 16.7 Å². The summed E-state index contributed by atoms with van der Waals surface area (Å²) >= 11 is 0. The van der Waals surface area contributed by atoms with E-state index in [4.69, 9.17) is 4.74 Å². The number of ether oxygens (including phenoxy) is 1. The van der Waals surface area contributed by atoms with Crippen molar-refractivity contribution in [2.45, 2.75) is 18.7 Å². The Labute approximate surface area is 154 Å². The summed E-state index contributed by atoms with van der Waals surface area (Å²) in [6.45, 7) is 3.67. The molecule has 0 amide bonds. The molecule has 4 nitrogen and oxygen atoms in total. The molecule has 0 aliphatic carbocycles. The zero-order chi connectivity index (χ0) is 18.7. The van der Waals surface area contributed by atoms with Crippen LogP contribution in [0, 0.1) is 13.8 Å². The number of benzene rings is 3. The Bertz CT molecular complexity index is 1030. The van der Waals surface area contributed by atoms with Gasteiger partial charge in [-0.2, -0.15) is 0 Å². The van der Waals surface area contributed by atoms with E-state index < -0.39 is 10.0 Å². The minimum absolute atomic E-state index is 0.211. The van der Waals surface area contributed by atoms with Crippen LogP contribution in [0.15, 0.2) is 71.6 Å². The van der Waals surface area contributed by atoms with Gasteiger partial charge in [-0.3, -0.25) is 4.72 Å². The van der Waals surface area contributed by atoms with Crippen LogP contribution in [0.25, 0.3) is 11.1 Å². The van der Waals surface area contributed by atoms with E-state index in [-0.39, 0.29) is 4.90 Å². The van der Waals surface area contributed by atoms with Crippen LogP contribution in [0.3, 0.4) is 0 Å². The van der Waals surface area contributed by atoms with E-state index in [0.29, 0.717) is 17.0 Å². The molecule has 0 atom stereocenters. The van der Waals surface area contributed by atoms with Crippen LogP contribution >= 0.6 is 0 Å². The number of para-hydroxylation sites is 1. The zero-order valence-corrected chi connectivity index (χ0v) is 15.8. The summed E-state index contributed by atoms with van der Waals surface area (Å²) < 4.78 is 34.1. The van der Waals surface area contributed by atoms with Crippen molar-refractivity contribution in [1.29, 1.82) is 0 Å². The molecule has 0 bridgehead atoms. The number of methoxy groups -OCH3 is 1. The molecule has 0 unspecified atom stereocenters. The maximum atomic E-state index is 13.0. The second-order valence-electron chi connectivity index (χ2n) is 6.10. The molecule has 1 N–H and O–H groups in total. The largest absolute Gasteiger partial charge is 0.496 e. The molecule has 3 aromatic rings. The topological polar surface area (TPSA) is 55.4 Å². The van der Waals surface area contributed by atoms with Crippen LogP contribution in [0.5, 0.6) is 5.75 Å². The standard InChI is InChI=1S/C21H21NO3S/c1-15-13-16(2)21(14-20(15)25-3)26(23,24)22-19-12-8-7-11-18(19)17-9-5-4-6-10-17/h4-14,22H,1-3H3. The van der Waals surface area contributed by atoms with Crippen molar-refractivity contribution in [2.75, 3.05) is 11.8 Å². The van der Waals surface area contributed by atoms with Gasteiger partial charge in [-0.1, -0.05) is 54.6 Å². The molecule has 0 spiro atoms. The van der Waals surface area contributed by atoms with Crippen LogP contribution in [0.1, 0.15) is 11.1 Å². The first-order valence-electron chi connectivity index (χ1n) is 8.25. The molecule has 0 saturated carbocycles.